The summed E-state index contributed by atoms with van der Waals surface area (Å²) >= 11 is 0. The van der Waals surface area contributed by atoms with Crippen molar-refractivity contribution in [3.05, 3.63) is 23.8 Å². The van der Waals surface area contributed by atoms with E-state index < -0.39 is 0 Å². The van der Waals surface area contributed by atoms with Gasteiger partial charge in [0.1, 0.15) is 5.82 Å². The van der Waals surface area contributed by atoms with Crippen molar-refractivity contribution in [1.29, 1.82) is 0 Å². The standard InChI is InChI=1S/C9H14N2/c1-4-7(2)9-5-6-10-8(3)11-9/h5-7H,4H2,1-3H3. The fourth-order valence-electron chi connectivity index (χ4n) is 0.958. The van der Waals surface area contributed by atoms with Gasteiger partial charge in [0.15, 0.2) is 0 Å². The average Bonchev–Trinajstić information content (AvgIpc) is 2.03. The first-order valence-electron chi connectivity index (χ1n) is 4.03. The first kappa shape index (κ1) is 8.18. The summed E-state index contributed by atoms with van der Waals surface area (Å²) < 4.78 is 0. The molecule has 1 rings (SSSR count). The topological polar surface area (TPSA) is 25.8 Å². The molecule has 0 aliphatic rings. The molecular formula is C9H14N2. The molecule has 1 heterocycles. The van der Waals surface area contributed by atoms with Crippen LogP contribution in [0, 0.1) is 6.92 Å². The van der Waals surface area contributed by atoms with Crippen molar-refractivity contribution in [2.75, 3.05) is 0 Å². The predicted molar refractivity (Wildman–Crippen MR) is 45.5 cm³/mol. The molecular weight excluding hydrogens is 136 g/mol. The predicted octanol–water partition coefficient (Wildman–Crippen LogP) is 2.30. The van der Waals surface area contributed by atoms with Crippen LogP contribution in [0.3, 0.4) is 0 Å². The normalized spacial score (nSPS) is 13.0. The average molecular weight is 150 g/mol. The molecule has 2 heteroatoms. The molecule has 0 spiro atoms. The molecule has 1 aromatic rings. The molecule has 0 amide bonds. The summed E-state index contributed by atoms with van der Waals surface area (Å²) in [4.78, 5) is 8.38. The molecule has 0 aliphatic heterocycles. The maximum absolute atomic E-state index is 4.33. The molecule has 1 aromatic heterocycles. The fourth-order valence-corrected chi connectivity index (χ4v) is 0.958. The summed E-state index contributed by atoms with van der Waals surface area (Å²) in [6.45, 7) is 6.27. The lowest BCUT2D eigenvalue weighted by molar-refractivity contribution is 0.699. The van der Waals surface area contributed by atoms with Crippen LogP contribution in [0.15, 0.2) is 12.3 Å². The van der Waals surface area contributed by atoms with E-state index in [9.17, 15) is 0 Å². The summed E-state index contributed by atoms with van der Waals surface area (Å²) in [6, 6.07) is 1.99. The van der Waals surface area contributed by atoms with Crippen LogP contribution in [0.5, 0.6) is 0 Å². The van der Waals surface area contributed by atoms with Gasteiger partial charge in [0.25, 0.3) is 0 Å². The van der Waals surface area contributed by atoms with Gasteiger partial charge in [-0.15, -0.1) is 0 Å². The van der Waals surface area contributed by atoms with Gasteiger partial charge in [0.2, 0.25) is 0 Å². The molecule has 11 heavy (non-hydrogen) atoms. The highest BCUT2D eigenvalue weighted by Crippen LogP contribution is 2.14. The molecule has 0 N–H and O–H groups in total. The van der Waals surface area contributed by atoms with E-state index >= 15 is 0 Å². The van der Waals surface area contributed by atoms with E-state index in [2.05, 4.69) is 23.8 Å². The number of nitrogens with zero attached hydrogens (tertiary/aromatic N) is 2. The third-order valence-corrected chi connectivity index (χ3v) is 1.91. The second-order valence-electron chi connectivity index (χ2n) is 2.84. The lowest BCUT2D eigenvalue weighted by Gasteiger charge is -2.06. The number of hydrogen-bond acceptors (Lipinski definition) is 2. The van der Waals surface area contributed by atoms with Crippen LogP contribution in [-0.2, 0) is 0 Å². The van der Waals surface area contributed by atoms with Gasteiger partial charge >= 0.3 is 0 Å². The number of rotatable bonds is 2. The van der Waals surface area contributed by atoms with Crippen LogP contribution < -0.4 is 0 Å². The summed E-state index contributed by atoms with van der Waals surface area (Å²) in [5.74, 6) is 1.42. The van der Waals surface area contributed by atoms with Crippen molar-refractivity contribution in [1.82, 2.24) is 9.97 Å². The van der Waals surface area contributed by atoms with E-state index in [1.807, 2.05) is 19.2 Å². The summed E-state index contributed by atoms with van der Waals surface area (Å²) in [5, 5.41) is 0. The zero-order valence-electron chi connectivity index (χ0n) is 7.33. The molecule has 0 fully saturated rings. The second-order valence-corrected chi connectivity index (χ2v) is 2.84. The van der Waals surface area contributed by atoms with Crippen LogP contribution in [0.1, 0.15) is 37.7 Å². The SMILES string of the molecule is CCC(C)c1ccnc(C)n1. The Morgan fingerprint density at radius 3 is 2.82 bits per heavy atom. The lowest BCUT2D eigenvalue weighted by atomic mass is 10.1. The zero-order valence-corrected chi connectivity index (χ0v) is 7.33. The van der Waals surface area contributed by atoms with E-state index in [1.54, 1.807) is 0 Å². The van der Waals surface area contributed by atoms with E-state index in [4.69, 9.17) is 0 Å². The third-order valence-electron chi connectivity index (χ3n) is 1.91. The van der Waals surface area contributed by atoms with Crippen LogP contribution in [-0.4, -0.2) is 9.97 Å². The molecule has 0 saturated carbocycles. The first-order valence-corrected chi connectivity index (χ1v) is 4.03. The molecule has 0 radical (unpaired) electrons. The Labute approximate surface area is 67.7 Å². The number of aromatic nitrogens is 2. The van der Waals surface area contributed by atoms with Gasteiger partial charge in [-0.25, -0.2) is 9.97 Å². The van der Waals surface area contributed by atoms with Crippen molar-refractivity contribution in [3.63, 3.8) is 0 Å². The molecule has 1 atom stereocenters. The van der Waals surface area contributed by atoms with Gasteiger partial charge in [0.05, 0.1) is 0 Å². The molecule has 0 bridgehead atoms. The Morgan fingerprint density at radius 1 is 1.55 bits per heavy atom. The molecule has 60 valence electrons. The van der Waals surface area contributed by atoms with Crippen LogP contribution in [0.25, 0.3) is 0 Å². The lowest BCUT2D eigenvalue weighted by Crippen LogP contribution is -1.97. The highest BCUT2D eigenvalue weighted by molar-refractivity contribution is 5.06. The van der Waals surface area contributed by atoms with Gasteiger partial charge < -0.3 is 0 Å². The van der Waals surface area contributed by atoms with Crippen LogP contribution in [0.4, 0.5) is 0 Å². The minimum atomic E-state index is 0.552. The Kier molecular flexibility index (Phi) is 2.58. The van der Waals surface area contributed by atoms with Crippen molar-refractivity contribution < 1.29 is 0 Å². The Balaban J connectivity index is 2.86. The number of hydrogen-bond donors (Lipinski definition) is 0. The highest BCUT2D eigenvalue weighted by atomic mass is 14.9. The quantitative estimate of drug-likeness (QED) is 0.646. The van der Waals surface area contributed by atoms with Gasteiger partial charge in [-0.2, -0.15) is 0 Å². The van der Waals surface area contributed by atoms with Gasteiger partial charge in [0, 0.05) is 11.9 Å². The number of aryl methyl sites for hydroxylation is 1. The molecule has 0 saturated heterocycles. The van der Waals surface area contributed by atoms with Crippen molar-refractivity contribution in [3.8, 4) is 0 Å². The fraction of sp³-hybridized carbons (Fsp3) is 0.556. The monoisotopic (exact) mass is 150 g/mol. The zero-order chi connectivity index (χ0) is 8.27. The third kappa shape index (κ3) is 2.00. The molecule has 0 aliphatic carbocycles. The van der Waals surface area contributed by atoms with E-state index in [0.29, 0.717) is 5.92 Å². The Hall–Kier alpha value is -0.920. The van der Waals surface area contributed by atoms with Crippen LogP contribution >= 0.6 is 0 Å². The Bertz CT molecular complexity index is 233. The van der Waals surface area contributed by atoms with Crippen molar-refractivity contribution in [2.24, 2.45) is 0 Å². The van der Waals surface area contributed by atoms with E-state index in [-0.39, 0.29) is 0 Å². The van der Waals surface area contributed by atoms with Gasteiger partial charge in [-0.05, 0) is 25.3 Å². The first-order chi connectivity index (χ1) is 5.24. The van der Waals surface area contributed by atoms with Crippen LogP contribution in [0.2, 0.25) is 0 Å². The minimum absolute atomic E-state index is 0.552. The van der Waals surface area contributed by atoms with E-state index in [0.717, 1.165) is 17.9 Å². The van der Waals surface area contributed by atoms with Gasteiger partial charge in [-0.3, -0.25) is 0 Å². The molecule has 2 nitrogen and oxygen atoms in total. The Morgan fingerprint density at radius 2 is 2.27 bits per heavy atom. The van der Waals surface area contributed by atoms with Gasteiger partial charge in [-0.1, -0.05) is 13.8 Å². The molecule has 0 aromatic carbocycles. The van der Waals surface area contributed by atoms with Crippen molar-refractivity contribution >= 4 is 0 Å². The summed E-state index contributed by atoms with van der Waals surface area (Å²) in [6.07, 6.45) is 2.96. The maximum atomic E-state index is 4.33. The minimum Gasteiger partial charge on any atom is -0.242 e. The summed E-state index contributed by atoms with van der Waals surface area (Å²) in [7, 11) is 0. The summed E-state index contributed by atoms with van der Waals surface area (Å²) in [5.41, 5.74) is 1.15. The van der Waals surface area contributed by atoms with E-state index in [1.165, 1.54) is 0 Å². The highest BCUT2D eigenvalue weighted by Gasteiger charge is 2.03. The van der Waals surface area contributed by atoms with Crippen molar-refractivity contribution in [2.45, 2.75) is 33.1 Å². The second kappa shape index (κ2) is 3.46. The largest absolute Gasteiger partial charge is 0.242 e. The molecule has 1 unspecified atom stereocenters. The smallest absolute Gasteiger partial charge is 0.125 e. The maximum Gasteiger partial charge on any atom is 0.125 e.